The molecule has 0 aliphatic carbocycles. The summed E-state index contributed by atoms with van der Waals surface area (Å²) in [5.74, 6) is 2.73. The minimum atomic E-state index is 0. The van der Waals surface area contributed by atoms with Crippen LogP contribution in [0.4, 0.5) is 0 Å². The molecule has 166 valence electrons. The molecule has 1 aliphatic rings. The Hall–Kier alpha value is -1.06. The lowest BCUT2D eigenvalue weighted by Gasteiger charge is -2.21. The van der Waals surface area contributed by atoms with Gasteiger partial charge in [-0.15, -0.1) is 24.0 Å². The molecule has 1 aromatic rings. The Kier molecular flexibility index (Phi) is 14.1. The van der Waals surface area contributed by atoms with Gasteiger partial charge in [0.1, 0.15) is 5.75 Å². The van der Waals surface area contributed by atoms with Crippen molar-refractivity contribution in [3.63, 3.8) is 0 Å². The Bertz CT molecular complexity index is 580. The highest BCUT2D eigenvalue weighted by molar-refractivity contribution is 14.0. The van der Waals surface area contributed by atoms with Crippen LogP contribution in [0.25, 0.3) is 0 Å². The molecule has 2 rings (SSSR count). The molecule has 1 fully saturated rings. The van der Waals surface area contributed by atoms with Gasteiger partial charge in [-0.1, -0.05) is 25.1 Å². The van der Waals surface area contributed by atoms with Gasteiger partial charge in [0.2, 0.25) is 0 Å². The number of para-hydroxylation sites is 1. The number of hydrogen-bond acceptors (Lipinski definition) is 4. The largest absolute Gasteiger partial charge is 0.496 e. The average molecular weight is 519 g/mol. The molecule has 0 spiro atoms. The Balaban J connectivity index is 0.00000420. The number of ether oxygens (including phenoxy) is 3. The lowest BCUT2D eigenvalue weighted by Crippen LogP contribution is -2.38. The van der Waals surface area contributed by atoms with Crippen molar-refractivity contribution in [2.75, 3.05) is 53.2 Å². The third-order valence-electron chi connectivity index (χ3n) is 4.99. The Morgan fingerprint density at radius 2 is 2.00 bits per heavy atom. The van der Waals surface area contributed by atoms with Gasteiger partial charge >= 0.3 is 0 Å². The first kappa shape index (κ1) is 26.0. The average Bonchev–Trinajstić information content (AvgIpc) is 2.74. The zero-order chi connectivity index (χ0) is 20.0. The van der Waals surface area contributed by atoms with E-state index in [1.165, 1.54) is 5.56 Å². The zero-order valence-corrected chi connectivity index (χ0v) is 20.4. The molecule has 1 aromatic carbocycles. The summed E-state index contributed by atoms with van der Waals surface area (Å²) in [5, 5.41) is 6.72. The second-order valence-electron chi connectivity index (χ2n) is 7.27. The number of rotatable bonds is 11. The van der Waals surface area contributed by atoms with Gasteiger partial charge in [-0.25, -0.2) is 0 Å². The normalized spacial score (nSPS) is 16.0. The van der Waals surface area contributed by atoms with Crippen molar-refractivity contribution in [2.24, 2.45) is 10.9 Å². The van der Waals surface area contributed by atoms with Crippen LogP contribution in [-0.4, -0.2) is 59.1 Å². The maximum Gasteiger partial charge on any atom is 0.191 e. The first-order valence-electron chi connectivity index (χ1n) is 10.5. The van der Waals surface area contributed by atoms with Crippen molar-refractivity contribution >= 4 is 29.9 Å². The third kappa shape index (κ3) is 10.00. The summed E-state index contributed by atoms with van der Waals surface area (Å²) in [6.07, 6.45) is 3.22. The van der Waals surface area contributed by atoms with Gasteiger partial charge in [-0.3, -0.25) is 4.99 Å². The molecule has 0 aromatic heterocycles. The van der Waals surface area contributed by atoms with E-state index in [9.17, 15) is 0 Å². The van der Waals surface area contributed by atoms with E-state index in [-0.39, 0.29) is 29.9 Å². The summed E-state index contributed by atoms with van der Waals surface area (Å²) < 4.78 is 16.7. The molecule has 1 atom stereocenters. The Morgan fingerprint density at radius 1 is 1.24 bits per heavy atom. The lowest BCUT2D eigenvalue weighted by atomic mass is 10.0. The predicted octanol–water partition coefficient (Wildman–Crippen LogP) is 3.81. The van der Waals surface area contributed by atoms with Crippen LogP contribution in [0.3, 0.4) is 0 Å². The van der Waals surface area contributed by atoms with E-state index in [1.54, 1.807) is 7.11 Å². The SMILES string of the molecule is CCNC(=NCC(C)c1ccccc1OC)NCCCOCC1CCOCC1.I. The van der Waals surface area contributed by atoms with Crippen molar-refractivity contribution in [2.45, 2.75) is 39.0 Å². The van der Waals surface area contributed by atoms with Crippen molar-refractivity contribution in [3.05, 3.63) is 29.8 Å². The summed E-state index contributed by atoms with van der Waals surface area (Å²) in [7, 11) is 1.71. The fourth-order valence-corrected chi connectivity index (χ4v) is 3.29. The van der Waals surface area contributed by atoms with Crippen LogP contribution in [0.1, 0.15) is 44.6 Å². The third-order valence-corrected chi connectivity index (χ3v) is 4.99. The topological polar surface area (TPSA) is 64.1 Å². The molecule has 1 unspecified atom stereocenters. The number of hydrogen-bond donors (Lipinski definition) is 2. The molecule has 29 heavy (non-hydrogen) atoms. The number of nitrogens with one attached hydrogen (secondary N) is 2. The first-order chi connectivity index (χ1) is 13.7. The molecule has 7 heteroatoms. The molecule has 0 radical (unpaired) electrons. The molecule has 6 nitrogen and oxygen atoms in total. The molecule has 0 amide bonds. The molecule has 1 saturated heterocycles. The molecule has 1 aliphatic heterocycles. The molecule has 1 heterocycles. The summed E-state index contributed by atoms with van der Waals surface area (Å²) >= 11 is 0. The fraction of sp³-hybridized carbons (Fsp3) is 0.682. The standard InChI is InChI=1S/C22H37N3O3.HI/c1-4-23-22(24-12-7-13-28-17-19-10-14-27-15-11-19)25-16-18(2)20-8-5-6-9-21(20)26-3;/h5-6,8-9,18-19H,4,7,10-17H2,1-3H3,(H2,23,24,25);1H. The number of methoxy groups -OCH3 is 1. The predicted molar refractivity (Wildman–Crippen MR) is 130 cm³/mol. The molecular weight excluding hydrogens is 481 g/mol. The Morgan fingerprint density at radius 3 is 2.72 bits per heavy atom. The van der Waals surface area contributed by atoms with E-state index < -0.39 is 0 Å². The van der Waals surface area contributed by atoms with Gasteiger partial charge in [-0.2, -0.15) is 0 Å². The van der Waals surface area contributed by atoms with Crippen molar-refractivity contribution in [1.82, 2.24) is 10.6 Å². The highest BCUT2D eigenvalue weighted by Crippen LogP contribution is 2.26. The molecular formula is C22H38IN3O3. The summed E-state index contributed by atoms with van der Waals surface area (Å²) in [4.78, 5) is 4.74. The molecule has 0 saturated carbocycles. The smallest absolute Gasteiger partial charge is 0.191 e. The van der Waals surface area contributed by atoms with Gasteiger partial charge in [-0.05, 0) is 43.7 Å². The Labute approximate surface area is 193 Å². The van der Waals surface area contributed by atoms with Crippen molar-refractivity contribution in [3.8, 4) is 5.75 Å². The van der Waals surface area contributed by atoms with E-state index in [0.717, 1.165) is 70.5 Å². The second-order valence-corrected chi connectivity index (χ2v) is 7.27. The minimum absolute atomic E-state index is 0. The van der Waals surface area contributed by atoms with Crippen LogP contribution in [0, 0.1) is 5.92 Å². The monoisotopic (exact) mass is 519 g/mol. The lowest BCUT2D eigenvalue weighted by molar-refractivity contribution is 0.0203. The summed E-state index contributed by atoms with van der Waals surface area (Å²) in [6.45, 7) is 10.0. The van der Waals surface area contributed by atoms with Crippen LogP contribution >= 0.6 is 24.0 Å². The maximum atomic E-state index is 5.83. The van der Waals surface area contributed by atoms with Crippen molar-refractivity contribution in [1.29, 1.82) is 0 Å². The van der Waals surface area contributed by atoms with Crippen LogP contribution < -0.4 is 15.4 Å². The van der Waals surface area contributed by atoms with Gasteiger partial charge in [0.25, 0.3) is 0 Å². The summed E-state index contributed by atoms with van der Waals surface area (Å²) in [5.41, 5.74) is 1.19. The van der Waals surface area contributed by atoms with E-state index in [1.807, 2.05) is 18.2 Å². The van der Waals surface area contributed by atoms with E-state index in [2.05, 4.69) is 30.5 Å². The maximum absolute atomic E-state index is 5.83. The minimum Gasteiger partial charge on any atom is -0.496 e. The molecule has 2 N–H and O–H groups in total. The van der Waals surface area contributed by atoms with Gasteiger partial charge in [0, 0.05) is 52.0 Å². The van der Waals surface area contributed by atoms with Crippen LogP contribution in [0.15, 0.2) is 29.3 Å². The zero-order valence-electron chi connectivity index (χ0n) is 18.1. The highest BCUT2D eigenvalue weighted by Gasteiger charge is 2.13. The van der Waals surface area contributed by atoms with Crippen molar-refractivity contribution < 1.29 is 14.2 Å². The van der Waals surface area contributed by atoms with Gasteiger partial charge < -0.3 is 24.8 Å². The van der Waals surface area contributed by atoms with E-state index in [0.29, 0.717) is 12.5 Å². The highest BCUT2D eigenvalue weighted by atomic mass is 127. The van der Waals surface area contributed by atoms with E-state index in [4.69, 9.17) is 19.2 Å². The van der Waals surface area contributed by atoms with Gasteiger partial charge in [0.15, 0.2) is 5.96 Å². The van der Waals surface area contributed by atoms with E-state index >= 15 is 0 Å². The van der Waals surface area contributed by atoms with Gasteiger partial charge in [0.05, 0.1) is 7.11 Å². The second kappa shape index (κ2) is 15.7. The number of guanidine groups is 1. The van der Waals surface area contributed by atoms with Crippen LogP contribution in [-0.2, 0) is 9.47 Å². The quantitative estimate of drug-likeness (QED) is 0.202. The number of aliphatic imine (C=N–C) groups is 1. The van der Waals surface area contributed by atoms with Crippen LogP contribution in [0.5, 0.6) is 5.75 Å². The van der Waals surface area contributed by atoms with Crippen LogP contribution in [0.2, 0.25) is 0 Å². The summed E-state index contributed by atoms with van der Waals surface area (Å²) in [6, 6.07) is 8.14. The number of halogens is 1. The number of benzene rings is 1. The first-order valence-corrected chi connectivity index (χ1v) is 10.5. The fourth-order valence-electron chi connectivity index (χ4n) is 3.29. The molecule has 0 bridgehead atoms. The number of nitrogens with zero attached hydrogens (tertiary/aromatic N) is 1.